The Balaban J connectivity index is 2.05. The third kappa shape index (κ3) is 7.68. The maximum Gasteiger partial charge on any atom is 0.242 e. The molecule has 0 aromatic heterocycles. The van der Waals surface area contributed by atoms with Gasteiger partial charge in [0, 0.05) is 32.6 Å². The largest absolute Gasteiger partial charge is 0.352 e. The average molecular weight is 474 g/mol. The van der Waals surface area contributed by atoms with E-state index in [0.717, 1.165) is 12.0 Å². The minimum atomic E-state index is -3.61. The van der Waals surface area contributed by atoms with Crippen molar-refractivity contribution in [2.45, 2.75) is 63.6 Å². The number of amides is 2. The van der Waals surface area contributed by atoms with Gasteiger partial charge < -0.3 is 10.2 Å². The number of sulfonamides is 1. The Bertz CT molecular complexity index is 997. The molecule has 180 valence electrons. The van der Waals surface area contributed by atoms with Crippen LogP contribution in [-0.2, 0) is 26.2 Å². The molecule has 2 rings (SSSR count). The third-order valence-electron chi connectivity index (χ3n) is 5.68. The molecule has 0 saturated heterocycles. The van der Waals surface area contributed by atoms with Gasteiger partial charge in [0.15, 0.2) is 0 Å². The molecule has 0 spiro atoms. The predicted octanol–water partition coefficient (Wildman–Crippen LogP) is 3.42. The number of hydrogen-bond donors (Lipinski definition) is 1. The number of carbonyl (C=O) groups excluding carboxylic acids is 2. The molecular weight excluding hydrogens is 438 g/mol. The molecule has 0 heterocycles. The summed E-state index contributed by atoms with van der Waals surface area (Å²) in [5.74, 6) is -0.381. The number of hydrogen-bond acceptors (Lipinski definition) is 4. The summed E-state index contributed by atoms with van der Waals surface area (Å²) in [6, 6.07) is 17.1. The molecular formula is C25H35N3O4S. The van der Waals surface area contributed by atoms with Crippen LogP contribution in [0.2, 0.25) is 0 Å². The molecule has 0 radical (unpaired) electrons. The van der Waals surface area contributed by atoms with Crippen LogP contribution >= 0.6 is 0 Å². The summed E-state index contributed by atoms with van der Waals surface area (Å²) in [5, 5.41) is 2.94. The second-order valence-electron chi connectivity index (χ2n) is 8.24. The smallest absolute Gasteiger partial charge is 0.242 e. The third-order valence-corrected chi connectivity index (χ3v) is 7.55. The average Bonchev–Trinajstić information content (AvgIpc) is 2.82. The molecule has 2 aromatic carbocycles. The molecule has 2 amide bonds. The van der Waals surface area contributed by atoms with E-state index in [2.05, 4.69) is 5.32 Å². The van der Waals surface area contributed by atoms with Gasteiger partial charge in [0.05, 0.1) is 4.90 Å². The highest BCUT2D eigenvalue weighted by molar-refractivity contribution is 7.89. The summed E-state index contributed by atoms with van der Waals surface area (Å²) in [7, 11) is -2.10. The van der Waals surface area contributed by atoms with Crippen LogP contribution in [0.4, 0.5) is 0 Å². The molecule has 0 bridgehead atoms. The first kappa shape index (κ1) is 26.5. The van der Waals surface area contributed by atoms with Crippen molar-refractivity contribution in [3.8, 4) is 0 Å². The van der Waals surface area contributed by atoms with Crippen molar-refractivity contribution in [3.63, 3.8) is 0 Å². The summed E-state index contributed by atoms with van der Waals surface area (Å²) < 4.78 is 26.6. The number of nitrogens with one attached hydrogen (secondary N) is 1. The van der Waals surface area contributed by atoms with Gasteiger partial charge >= 0.3 is 0 Å². The monoisotopic (exact) mass is 473 g/mol. The van der Waals surface area contributed by atoms with E-state index in [1.165, 1.54) is 11.4 Å². The zero-order valence-electron chi connectivity index (χ0n) is 19.9. The summed E-state index contributed by atoms with van der Waals surface area (Å²) in [5.41, 5.74) is 0.929. The fourth-order valence-electron chi connectivity index (χ4n) is 3.32. The van der Waals surface area contributed by atoms with Gasteiger partial charge in [-0.3, -0.25) is 9.59 Å². The number of benzene rings is 2. The summed E-state index contributed by atoms with van der Waals surface area (Å²) in [6.45, 7) is 6.16. The first-order valence-electron chi connectivity index (χ1n) is 11.3. The van der Waals surface area contributed by atoms with E-state index in [-0.39, 0.29) is 35.7 Å². The molecule has 1 N–H and O–H groups in total. The lowest BCUT2D eigenvalue weighted by Crippen LogP contribution is -2.49. The van der Waals surface area contributed by atoms with Crippen LogP contribution in [0.25, 0.3) is 0 Å². The van der Waals surface area contributed by atoms with Crippen molar-refractivity contribution in [3.05, 3.63) is 66.2 Å². The van der Waals surface area contributed by atoms with Gasteiger partial charge in [-0.2, -0.15) is 0 Å². The van der Waals surface area contributed by atoms with Crippen molar-refractivity contribution in [1.82, 2.24) is 14.5 Å². The van der Waals surface area contributed by atoms with Crippen LogP contribution in [-0.4, -0.2) is 55.1 Å². The van der Waals surface area contributed by atoms with Crippen molar-refractivity contribution >= 4 is 21.8 Å². The molecule has 2 aromatic rings. The number of nitrogens with zero attached hydrogens (tertiary/aromatic N) is 2. The highest BCUT2D eigenvalue weighted by Crippen LogP contribution is 2.16. The molecule has 0 aliphatic carbocycles. The Morgan fingerprint density at radius 2 is 1.55 bits per heavy atom. The minimum Gasteiger partial charge on any atom is -0.352 e. The van der Waals surface area contributed by atoms with Crippen LogP contribution in [0.15, 0.2) is 65.6 Å². The molecule has 2 atom stereocenters. The van der Waals surface area contributed by atoms with Crippen LogP contribution in [0.1, 0.15) is 45.6 Å². The Morgan fingerprint density at radius 3 is 2.12 bits per heavy atom. The SMILES string of the molecule is CC[C@H](C)NC(=O)[C@H](C)N(Cc1ccccc1)C(=O)CCCN(C)S(=O)(=O)c1ccccc1. The van der Waals surface area contributed by atoms with Crippen LogP contribution in [0, 0.1) is 0 Å². The van der Waals surface area contributed by atoms with Crippen molar-refractivity contribution in [2.24, 2.45) is 0 Å². The summed E-state index contributed by atoms with van der Waals surface area (Å²) >= 11 is 0. The fourth-order valence-corrected chi connectivity index (χ4v) is 4.55. The molecule has 33 heavy (non-hydrogen) atoms. The molecule has 0 unspecified atom stereocenters. The van der Waals surface area contributed by atoms with Gasteiger partial charge in [0.1, 0.15) is 6.04 Å². The topological polar surface area (TPSA) is 86.8 Å². The quantitative estimate of drug-likeness (QED) is 0.512. The van der Waals surface area contributed by atoms with Crippen LogP contribution in [0.3, 0.4) is 0 Å². The number of rotatable bonds is 12. The Labute approximate surface area is 197 Å². The van der Waals surface area contributed by atoms with E-state index < -0.39 is 16.1 Å². The van der Waals surface area contributed by atoms with Crippen molar-refractivity contribution < 1.29 is 18.0 Å². The van der Waals surface area contributed by atoms with E-state index in [9.17, 15) is 18.0 Å². The second-order valence-corrected chi connectivity index (χ2v) is 10.3. The summed E-state index contributed by atoms with van der Waals surface area (Å²) in [4.78, 5) is 27.6. The van der Waals surface area contributed by atoms with Crippen molar-refractivity contribution in [1.29, 1.82) is 0 Å². The minimum absolute atomic E-state index is 0.0190. The molecule has 8 heteroatoms. The molecule has 0 saturated carbocycles. The lowest BCUT2D eigenvalue weighted by molar-refractivity contribution is -0.141. The van der Waals surface area contributed by atoms with E-state index in [4.69, 9.17) is 0 Å². The zero-order chi connectivity index (χ0) is 24.4. The highest BCUT2D eigenvalue weighted by atomic mass is 32.2. The second kappa shape index (κ2) is 12.5. The lowest BCUT2D eigenvalue weighted by atomic mass is 10.1. The number of carbonyl (C=O) groups is 2. The molecule has 7 nitrogen and oxygen atoms in total. The fraction of sp³-hybridized carbons (Fsp3) is 0.440. The zero-order valence-corrected chi connectivity index (χ0v) is 20.7. The predicted molar refractivity (Wildman–Crippen MR) is 130 cm³/mol. The van der Waals surface area contributed by atoms with Gasteiger partial charge in [0.2, 0.25) is 21.8 Å². The first-order chi connectivity index (χ1) is 15.7. The van der Waals surface area contributed by atoms with Gasteiger partial charge in [-0.05, 0) is 44.4 Å². The Hall–Kier alpha value is -2.71. The van der Waals surface area contributed by atoms with Crippen LogP contribution in [0.5, 0.6) is 0 Å². The normalized spacial score (nSPS) is 13.4. The van der Waals surface area contributed by atoms with Gasteiger partial charge in [0.25, 0.3) is 0 Å². The maximum atomic E-state index is 13.1. The van der Waals surface area contributed by atoms with Gasteiger partial charge in [-0.25, -0.2) is 12.7 Å². The van der Waals surface area contributed by atoms with Crippen LogP contribution < -0.4 is 5.32 Å². The Morgan fingerprint density at radius 1 is 0.970 bits per heavy atom. The summed E-state index contributed by atoms with van der Waals surface area (Å²) in [6.07, 6.45) is 1.29. The standard InChI is InChI=1S/C25H35N3O4S/c1-5-20(2)26-25(30)21(3)28(19-22-13-8-6-9-14-22)24(29)17-12-18-27(4)33(31,32)23-15-10-7-11-16-23/h6-11,13-16,20-21H,5,12,17-19H2,1-4H3,(H,26,30)/t20-,21-/m0/s1. The highest BCUT2D eigenvalue weighted by Gasteiger charge is 2.27. The Kier molecular flexibility index (Phi) is 10.1. The maximum absolute atomic E-state index is 13.1. The first-order valence-corrected chi connectivity index (χ1v) is 12.8. The molecule has 0 aliphatic rings. The van der Waals surface area contributed by atoms with Gasteiger partial charge in [-0.1, -0.05) is 55.5 Å². The van der Waals surface area contributed by atoms with E-state index in [1.54, 1.807) is 42.2 Å². The molecule has 0 aliphatic heterocycles. The van der Waals surface area contributed by atoms with Crippen molar-refractivity contribution in [2.75, 3.05) is 13.6 Å². The van der Waals surface area contributed by atoms with E-state index in [0.29, 0.717) is 13.0 Å². The molecule has 0 fully saturated rings. The lowest BCUT2D eigenvalue weighted by Gasteiger charge is -2.30. The van der Waals surface area contributed by atoms with E-state index >= 15 is 0 Å². The van der Waals surface area contributed by atoms with E-state index in [1.807, 2.05) is 44.2 Å². The van der Waals surface area contributed by atoms with Gasteiger partial charge in [-0.15, -0.1) is 0 Å².